The van der Waals surface area contributed by atoms with Crippen molar-refractivity contribution in [2.24, 2.45) is 5.73 Å². The Morgan fingerprint density at radius 1 is 1.27 bits per heavy atom. The van der Waals surface area contributed by atoms with Crippen LogP contribution >= 0.6 is 12.4 Å². The fourth-order valence-corrected chi connectivity index (χ4v) is 2.24. The van der Waals surface area contributed by atoms with Gasteiger partial charge in [0.15, 0.2) is 5.82 Å². The molecule has 0 saturated heterocycles. The van der Waals surface area contributed by atoms with Crippen molar-refractivity contribution in [3.8, 4) is 0 Å². The molecule has 22 heavy (non-hydrogen) atoms. The number of carbonyl (C=O) groups is 1. The quantitative estimate of drug-likeness (QED) is 0.686. The van der Waals surface area contributed by atoms with E-state index >= 15 is 0 Å². The molecule has 0 aliphatic rings. The second-order valence-corrected chi connectivity index (χ2v) is 5.45. The van der Waals surface area contributed by atoms with E-state index in [1.807, 2.05) is 13.8 Å². The van der Waals surface area contributed by atoms with Gasteiger partial charge in [-0.1, -0.05) is 25.9 Å². The van der Waals surface area contributed by atoms with Crippen molar-refractivity contribution in [3.05, 3.63) is 11.7 Å². The van der Waals surface area contributed by atoms with Gasteiger partial charge in [-0.05, 0) is 25.7 Å². The van der Waals surface area contributed by atoms with Crippen LogP contribution in [0.1, 0.15) is 64.6 Å². The van der Waals surface area contributed by atoms with Crippen LogP contribution in [0, 0.1) is 0 Å². The number of aromatic nitrogens is 2. The maximum Gasteiger partial charge on any atom is 0.226 e. The summed E-state index contributed by atoms with van der Waals surface area (Å²) in [7, 11) is 0. The van der Waals surface area contributed by atoms with Crippen molar-refractivity contribution < 1.29 is 9.32 Å². The molecule has 128 valence electrons. The van der Waals surface area contributed by atoms with Gasteiger partial charge in [-0.2, -0.15) is 4.98 Å². The minimum Gasteiger partial charge on any atom is -0.349 e. The Bertz CT molecular complexity index is 425. The first-order valence-electron chi connectivity index (χ1n) is 7.91. The topological polar surface area (TPSA) is 94.0 Å². The summed E-state index contributed by atoms with van der Waals surface area (Å²) in [6, 6.07) is 0. The Labute approximate surface area is 139 Å². The molecule has 3 N–H and O–H groups in total. The summed E-state index contributed by atoms with van der Waals surface area (Å²) in [5, 5.41) is 6.96. The van der Waals surface area contributed by atoms with Crippen LogP contribution in [0.5, 0.6) is 0 Å². The van der Waals surface area contributed by atoms with Crippen LogP contribution in [0.2, 0.25) is 0 Å². The zero-order valence-electron chi connectivity index (χ0n) is 13.9. The van der Waals surface area contributed by atoms with Crippen LogP contribution in [-0.4, -0.2) is 28.1 Å². The van der Waals surface area contributed by atoms with Crippen LogP contribution in [-0.2, 0) is 17.6 Å². The molecule has 7 heteroatoms. The number of aryl methyl sites for hydroxylation is 2. The predicted molar refractivity (Wildman–Crippen MR) is 89.0 cm³/mol. The molecule has 0 spiro atoms. The second kappa shape index (κ2) is 10.6. The molecule has 0 saturated carbocycles. The van der Waals surface area contributed by atoms with E-state index in [9.17, 15) is 4.79 Å². The van der Waals surface area contributed by atoms with Gasteiger partial charge in [0.25, 0.3) is 0 Å². The van der Waals surface area contributed by atoms with Gasteiger partial charge >= 0.3 is 0 Å². The van der Waals surface area contributed by atoms with Crippen LogP contribution < -0.4 is 11.1 Å². The monoisotopic (exact) mass is 332 g/mol. The molecule has 1 amide bonds. The molecule has 0 atom stereocenters. The van der Waals surface area contributed by atoms with E-state index in [1.54, 1.807) is 0 Å². The number of nitrogens with two attached hydrogens (primary N) is 1. The predicted octanol–water partition coefficient (Wildman–Crippen LogP) is 2.40. The lowest BCUT2D eigenvalue weighted by molar-refractivity contribution is -0.123. The van der Waals surface area contributed by atoms with Crippen molar-refractivity contribution in [2.45, 2.75) is 71.3 Å². The summed E-state index contributed by atoms with van der Waals surface area (Å²) in [6.07, 6.45) is 5.30. The molecule has 1 aromatic rings. The Hall–Kier alpha value is -1.14. The van der Waals surface area contributed by atoms with Crippen LogP contribution in [0.3, 0.4) is 0 Å². The first-order valence-corrected chi connectivity index (χ1v) is 7.91. The number of hydrogen-bond donors (Lipinski definition) is 2. The van der Waals surface area contributed by atoms with Gasteiger partial charge in [0, 0.05) is 25.8 Å². The zero-order chi connectivity index (χ0) is 15.7. The van der Waals surface area contributed by atoms with Gasteiger partial charge in [-0.25, -0.2) is 0 Å². The van der Waals surface area contributed by atoms with E-state index in [0.717, 1.165) is 31.5 Å². The molecule has 0 aliphatic heterocycles. The van der Waals surface area contributed by atoms with Gasteiger partial charge in [0.2, 0.25) is 11.8 Å². The van der Waals surface area contributed by atoms with Gasteiger partial charge in [-0.3, -0.25) is 4.79 Å². The Balaban J connectivity index is 0.00000441. The number of nitrogens with one attached hydrogen (secondary N) is 1. The normalized spacial score (nSPS) is 11.1. The highest BCUT2D eigenvalue weighted by molar-refractivity contribution is 5.85. The maximum absolute atomic E-state index is 12.0. The third kappa shape index (κ3) is 6.32. The van der Waals surface area contributed by atoms with Gasteiger partial charge in [0.05, 0.1) is 5.54 Å². The lowest BCUT2D eigenvalue weighted by Crippen LogP contribution is -2.52. The number of amides is 1. The summed E-state index contributed by atoms with van der Waals surface area (Å²) in [5.74, 6) is 1.40. The summed E-state index contributed by atoms with van der Waals surface area (Å²) in [4.78, 5) is 16.3. The Kier molecular flexibility index (Phi) is 10.0. The van der Waals surface area contributed by atoms with Crippen molar-refractivity contribution in [1.82, 2.24) is 15.5 Å². The summed E-state index contributed by atoms with van der Waals surface area (Å²) < 4.78 is 5.15. The largest absolute Gasteiger partial charge is 0.349 e. The van der Waals surface area contributed by atoms with Crippen LogP contribution in [0.15, 0.2) is 4.52 Å². The fraction of sp³-hybridized carbons (Fsp3) is 0.800. The first-order chi connectivity index (χ1) is 10.1. The average Bonchev–Trinajstić information content (AvgIpc) is 2.93. The highest BCUT2D eigenvalue weighted by Crippen LogP contribution is 2.14. The number of rotatable bonds is 10. The molecule has 1 heterocycles. The number of hydrogen-bond acceptors (Lipinski definition) is 5. The molecule has 0 aromatic carbocycles. The third-order valence-electron chi connectivity index (χ3n) is 3.93. The molecule has 1 rings (SSSR count). The fourth-order valence-electron chi connectivity index (χ4n) is 2.24. The zero-order valence-corrected chi connectivity index (χ0v) is 14.7. The van der Waals surface area contributed by atoms with E-state index in [2.05, 4.69) is 22.4 Å². The van der Waals surface area contributed by atoms with E-state index in [0.29, 0.717) is 31.7 Å². The molecular formula is C15H29ClN4O2. The van der Waals surface area contributed by atoms with E-state index in [4.69, 9.17) is 10.3 Å². The third-order valence-corrected chi connectivity index (χ3v) is 3.93. The number of nitrogens with zero attached hydrogens (tertiary/aromatic N) is 2. The lowest BCUT2D eigenvalue weighted by atomic mass is 9.92. The number of halogens is 1. The molecule has 0 bridgehead atoms. The van der Waals surface area contributed by atoms with E-state index in [1.165, 1.54) is 0 Å². The molecule has 1 aromatic heterocycles. The molecule has 0 aliphatic carbocycles. The Morgan fingerprint density at radius 2 is 1.95 bits per heavy atom. The molecule has 6 nitrogen and oxygen atoms in total. The average molecular weight is 333 g/mol. The highest BCUT2D eigenvalue weighted by atomic mass is 35.5. The Morgan fingerprint density at radius 3 is 2.50 bits per heavy atom. The SMILES string of the molecule is CCCc1noc(CCCC(=O)NC(CC)(CC)CN)n1.Cl. The molecule has 0 fully saturated rings. The van der Waals surface area contributed by atoms with Gasteiger partial charge in [0.1, 0.15) is 0 Å². The van der Waals surface area contributed by atoms with Crippen LogP contribution in [0.4, 0.5) is 0 Å². The van der Waals surface area contributed by atoms with E-state index < -0.39 is 0 Å². The summed E-state index contributed by atoms with van der Waals surface area (Å²) >= 11 is 0. The van der Waals surface area contributed by atoms with Crippen molar-refractivity contribution in [3.63, 3.8) is 0 Å². The summed E-state index contributed by atoms with van der Waals surface area (Å²) in [5.41, 5.74) is 5.51. The minimum absolute atomic E-state index is 0. The lowest BCUT2D eigenvalue weighted by Gasteiger charge is -2.31. The van der Waals surface area contributed by atoms with Crippen LogP contribution in [0.25, 0.3) is 0 Å². The maximum atomic E-state index is 12.0. The first kappa shape index (κ1) is 20.9. The van der Waals surface area contributed by atoms with Crippen molar-refractivity contribution >= 4 is 18.3 Å². The van der Waals surface area contributed by atoms with Crippen molar-refractivity contribution in [1.29, 1.82) is 0 Å². The molecular weight excluding hydrogens is 304 g/mol. The van der Waals surface area contributed by atoms with Gasteiger partial charge < -0.3 is 15.6 Å². The molecule has 0 radical (unpaired) electrons. The minimum atomic E-state index is -0.268. The summed E-state index contributed by atoms with van der Waals surface area (Å²) in [6.45, 7) is 6.63. The van der Waals surface area contributed by atoms with Gasteiger partial charge in [-0.15, -0.1) is 12.4 Å². The standard InChI is InChI=1S/C15H28N4O2.ClH/c1-4-8-12-17-14(21-19-12)10-7-9-13(20)18-15(5-2,6-3)11-16;/h4-11,16H2,1-3H3,(H,18,20);1H. The highest BCUT2D eigenvalue weighted by Gasteiger charge is 2.25. The van der Waals surface area contributed by atoms with Crippen molar-refractivity contribution in [2.75, 3.05) is 6.54 Å². The smallest absolute Gasteiger partial charge is 0.226 e. The van der Waals surface area contributed by atoms with E-state index in [-0.39, 0.29) is 23.9 Å². The second-order valence-electron chi connectivity index (χ2n) is 5.45. The number of carbonyl (C=O) groups excluding carboxylic acids is 1. The molecule has 0 unspecified atom stereocenters.